The minimum absolute atomic E-state index is 0.0101. The Morgan fingerprint density at radius 2 is 1.82 bits per heavy atom. The second kappa shape index (κ2) is 12.9. The van der Waals surface area contributed by atoms with Gasteiger partial charge in [0.2, 0.25) is 5.91 Å². The average Bonchev–Trinajstić information content (AvgIpc) is 3.68. The van der Waals surface area contributed by atoms with Crippen LogP contribution in [0.5, 0.6) is 11.5 Å². The van der Waals surface area contributed by atoms with Crippen molar-refractivity contribution in [1.29, 1.82) is 0 Å². The maximum Gasteiger partial charge on any atom is 0.254 e. The molecule has 1 aromatic heterocycles. The van der Waals surface area contributed by atoms with Gasteiger partial charge in [0.1, 0.15) is 24.7 Å². The Balaban J connectivity index is 1.33. The van der Waals surface area contributed by atoms with Gasteiger partial charge in [0.05, 0.1) is 19.3 Å². The predicted octanol–water partition coefficient (Wildman–Crippen LogP) is 5.71. The van der Waals surface area contributed by atoms with E-state index in [1.165, 1.54) is 10.4 Å². The maximum absolute atomic E-state index is 13.9. The van der Waals surface area contributed by atoms with E-state index in [-0.39, 0.29) is 30.5 Å². The normalized spacial score (nSPS) is 18.4. The molecule has 0 radical (unpaired) electrons. The third kappa shape index (κ3) is 6.50. The van der Waals surface area contributed by atoms with Crippen molar-refractivity contribution in [2.24, 2.45) is 0 Å². The van der Waals surface area contributed by atoms with Crippen molar-refractivity contribution in [2.45, 2.75) is 51.2 Å². The summed E-state index contributed by atoms with van der Waals surface area (Å²) in [5, 5.41) is 2.08. The third-order valence-electron chi connectivity index (χ3n) is 7.77. The zero-order chi connectivity index (χ0) is 28.1. The number of fused-ring (bicyclic) bond motifs is 1. The molecule has 0 N–H and O–H groups in total. The summed E-state index contributed by atoms with van der Waals surface area (Å²) in [5.74, 6) is 1.65. The Hall–Kier alpha value is -3.36. The van der Waals surface area contributed by atoms with Gasteiger partial charge in [-0.25, -0.2) is 0 Å². The van der Waals surface area contributed by atoms with Crippen molar-refractivity contribution < 1.29 is 23.8 Å². The summed E-state index contributed by atoms with van der Waals surface area (Å²) in [7, 11) is 1.59. The molecule has 5 rings (SSSR count). The number of benzene rings is 2. The van der Waals surface area contributed by atoms with E-state index in [1.54, 1.807) is 47.6 Å². The van der Waals surface area contributed by atoms with Gasteiger partial charge in [0.15, 0.2) is 0 Å². The van der Waals surface area contributed by atoms with Gasteiger partial charge >= 0.3 is 0 Å². The van der Waals surface area contributed by atoms with Crippen LogP contribution in [-0.2, 0) is 16.0 Å². The predicted molar refractivity (Wildman–Crippen MR) is 156 cm³/mol. The number of carbonyl (C=O) groups is 2. The van der Waals surface area contributed by atoms with E-state index in [1.807, 2.05) is 17.0 Å². The van der Waals surface area contributed by atoms with Crippen molar-refractivity contribution in [3.63, 3.8) is 0 Å². The number of amides is 2. The van der Waals surface area contributed by atoms with Crippen LogP contribution in [0.2, 0.25) is 0 Å². The summed E-state index contributed by atoms with van der Waals surface area (Å²) in [4.78, 5) is 32.3. The summed E-state index contributed by atoms with van der Waals surface area (Å²) >= 11 is 1.73. The second-order valence-electron chi connectivity index (χ2n) is 10.7. The fraction of sp³-hybridized carbons (Fsp3) is 0.438. The number of ether oxygens (including phenoxy) is 3. The number of nitrogens with zero attached hydrogens (tertiary/aromatic N) is 2. The van der Waals surface area contributed by atoms with E-state index in [9.17, 15) is 9.59 Å². The molecule has 1 fully saturated rings. The minimum Gasteiger partial charge on any atom is -0.497 e. The van der Waals surface area contributed by atoms with E-state index >= 15 is 0 Å². The standard InChI is InChI=1S/C32H38N2O5S/c1-22(2)23-6-12-26(13-7-23)39-21-29-28-15-18-40-30(28)14-16-34(29)31(35)20-33(19-27-5-4-17-38-27)32(36)24-8-10-25(37-3)11-9-24/h6-13,15,18,22,27,29H,4-5,14,16-17,19-21H2,1-3H3/t27-,29-/m0/s1. The largest absolute Gasteiger partial charge is 0.497 e. The Labute approximate surface area is 240 Å². The first-order valence-electron chi connectivity index (χ1n) is 14.1. The van der Waals surface area contributed by atoms with Crippen molar-refractivity contribution in [2.75, 3.05) is 40.0 Å². The van der Waals surface area contributed by atoms with Crippen LogP contribution in [0.3, 0.4) is 0 Å². The number of carbonyl (C=O) groups excluding carboxylic acids is 2. The highest BCUT2D eigenvalue weighted by Crippen LogP contribution is 2.34. The molecule has 40 heavy (non-hydrogen) atoms. The van der Waals surface area contributed by atoms with Crippen molar-refractivity contribution in [3.05, 3.63) is 81.5 Å². The molecule has 0 bridgehead atoms. The summed E-state index contributed by atoms with van der Waals surface area (Å²) in [6, 6.07) is 17.1. The van der Waals surface area contributed by atoms with Crippen molar-refractivity contribution >= 4 is 23.2 Å². The highest BCUT2D eigenvalue weighted by Gasteiger charge is 2.34. The van der Waals surface area contributed by atoms with Crippen LogP contribution in [0.25, 0.3) is 0 Å². The van der Waals surface area contributed by atoms with Crippen molar-refractivity contribution in [3.8, 4) is 11.5 Å². The van der Waals surface area contributed by atoms with Crippen LogP contribution in [0.15, 0.2) is 60.0 Å². The highest BCUT2D eigenvalue weighted by molar-refractivity contribution is 7.10. The molecule has 0 unspecified atom stereocenters. The maximum atomic E-state index is 13.9. The van der Waals surface area contributed by atoms with Gasteiger partial charge in [0, 0.05) is 30.1 Å². The van der Waals surface area contributed by atoms with E-state index in [0.717, 1.165) is 30.6 Å². The molecule has 8 heteroatoms. The number of rotatable bonds is 10. The smallest absolute Gasteiger partial charge is 0.254 e. The first kappa shape index (κ1) is 28.2. The first-order chi connectivity index (χ1) is 19.4. The molecule has 2 amide bonds. The van der Waals surface area contributed by atoms with E-state index in [0.29, 0.717) is 43.5 Å². The first-order valence-corrected chi connectivity index (χ1v) is 14.9. The van der Waals surface area contributed by atoms with Gasteiger partial charge < -0.3 is 24.0 Å². The van der Waals surface area contributed by atoms with Crippen LogP contribution in [-0.4, -0.2) is 67.7 Å². The monoisotopic (exact) mass is 562 g/mol. The molecule has 2 aromatic carbocycles. The van der Waals surface area contributed by atoms with E-state index in [2.05, 4.69) is 37.4 Å². The van der Waals surface area contributed by atoms with E-state index in [4.69, 9.17) is 14.2 Å². The zero-order valence-electron chi connectivity index (χ0n) is 23.5. The molecule has 1 saturated heterocycles. The van der Waals surface area contributed by atoms with Gasteiger partial charge in [-0.1, -0.05) is 26.0 Å². The molecule has 0 spiro atoms. The summed E-state index contributed by atoms with van der Waals surface area (Å²) < 4.78 is 17.3. The molecule has 3 aromatic rings. The fourth-order valence-electron chi connectivity index (χ4n) is 5.42. The Morgan fingerprint density at radius 3 is 2.50 bits per heavy atom. The summed E-state index contributed by atoms with van der Waals surface area (Å²) in [6.45, 7) is 6.35. The van der Waals surface area contributed by atoms with Crippen molar-refractivity contribution in [1.82, 2.24) is 9.80 Å². The third-order valence-corrected chi connectivity index (χ3v) is 8.76. The topological polar surface area (TPSA) is 68.3 Å². The molecule has 0 saturated carbocycles. The molecule has 3 heterocycles. The number of thiophene rings is 1. The van der Waals surface area contributed by atoms with Gasteiger partial charge in [-0.15, -0.1) is 11.3 Å². The fourth-order valence-corrected chi connectivity index (χ4v) is 6.35. The Morgan fingerprint density at radius 1 is 1.07 bits per heavy atom. The van der Waals surface area contributed by atoms with Gasteiger partial charge in [-0.2, -0.15) is 0 Å². The molecule has 212 valence electrons. The van der Waals surface area contributed by atoms with Crippen LogP contribution in [0, 0.1) is 0 Å². The summed E-state index contributed by atoms with van der Waals surface area (Å²) in [6.07, 6.45) is 2.59. The van der Waals surface area contributed by atoms with Gasteiger partial charge in [-0.05, 0) is 84.2 Å². The lowest BCUT2D eigenvalue weighted by Gasteiger charge is -2.37. The lowest BCUT2D eigenvalue weighted by Crippen LogP contribution is -2.49. The molecule has 7 nitrogen and oxygen atoms in total. The SMILES string of the molecule is COc1ccc(C(=O)N(CC(=O)N2CCc3sccc3[C@@H]2COc2ccc(C(C)C)cc2)C[C@@H]2CCCO2)cc1. The molecule has 0 aliphatic carbocycles. The van der Waals surface area contributed by atoms with Crippen LogP contribution in [0.1, 0.15) is 65.0 Å². The molecule has 2 atom stereocenters. The number of methoxy groups -OCH3 is 1. The molecular formula is C32H38N2O5S. The Kier molecular flexibility index (Phi) is 9.07. The van der Waals surface area contributed by atoms with Gasteiger partial charge in [-0.3, -0.25) is 9.59 Å². The van der Waals surface area contributed by atoms with Gasteiger partial charge in [0.25, 0.3) is 5.91 Å². The summed E-state index contributed by atoms with van der Waals surface area (Å²) in [5.41, 5.74) is 2.92. The van der Waals surface area contributed by atoms with Crippen LogP contribution >= 0.6 is 11.3 Å². The lowest BCUT2D eigenvalue weighted by atomic mass is 10.00. The molecule has 2 aliphatic rings. The zero-order valence-corrected chi connectivity index (χ0v) is 24.3. The molecular weight excluding hydrogens is 524 g/mol. The average molecular weight is 563 g/mol. The number of hydrogen-bond donors (Lipinski definition) is 0. The lowest BCUT2D eigenvalue weighted by molar-refractivity contribution is -0.135. The highest BCUT2D eigenvalue weighted by atomic mass is 32.1. The second-order valence-corrected chi connectivity index (χ2v) is 11.7. The molecule has 2 aliphatic heterocycles. The van der Waals surface area contributed by atoms with E-state index < -0.39 is 0 Å². The number of hydrogen-bond acceptors (Lipinski definition) is 6. The minimum atomic E-state index is -0.215. The Bertz CT molecular complexity index is 1280. The van der Waals surface area contributed by atoms with Crippen LogP contribution < -0.4 is 9.47 Å². The quantitative estimate of drug-likeness (QED) is 0.317. The van der Waals surface area contributed by atoms with Crippen LogP contribution in [0.4, 0.5) is 0 Å².